The van der Waals surface area contributed by atoms with Crippen LogP contribution in [0.3, 0.4) is 0 Å². The van der Waals surface area contributed by atoms with Gasteiger partial charge >= 0.3 is 11.9 Å². The molecule has 0 heterocycles. The summed E-state index contributed by atoms with van der Waals surface area (Å²) in [5.41, 5.74) is 0.790. The van der Waals surface area contributed by atoms with Crippen molar-refractivity contribution < 1.29 is 28.6 Å². The Morgan fingerprint density at radius 3 is 1.96 bits per heavy atom. The fourth-order valence-corrected chi connectivity index (χ4v) is 2.78. The van der Waals surface area contributed by atoms with Crippen molar-refractivity contribution in [2.45, 2.75) is 4.90 Å². The first-order valence-corrected chi connectivity index (χ1v) is 9.01. The molecule has 0 bridgehead atoms. The van der Waals surface area contributed by atoms with Gasteiger partial charge < -0.3 is 19.5 Å². The zero-order valence-corrected chi connectivity index (χ0v) is 16.1. The highest BCUT2D eigenvalue weighted by molar-refractivity contribution is 7.98. The molecule has 0 aliphatic rings. The van der Waals surface area contributed by atoms with Crippen LogP contribution >= 0.6 is 11.8 Å². The minimum atomic E-state index is -0.641. The SMILES string of the molecule is COC(=O)c1cc(NC(=O)c2ccc(SC)cc2OC)cc(C(=O)OC)c1. The molecule has 0 saturated carbocycles. The molecule has 1 amide bonds. The van der Waals surface area contributed by atoms with Gasteiger partial charge in [0.2, 0.25) is 0 Å². The van der Waals surface area contributed by atoms with Crippen LogP contribution in [0.1, 0.15) is 31.1 Å². The molecule has 0 saturated heterocycles. The number of carbonyl (C=O) groups excluding carboxylic acids is 3. The van der Waals surface area contributed by atoms with Gasteiger partial charge in [-0.2, -0.15) is 0 Å². The summed E-state index contributed by atoms with van der Waals surface area (Å²) in [7, 11) is 3.93. The zero-order chi connectivity index (χ0) is 20.0. The van der Waals surface area contributed by atoms with Crippen molar-refractivity contribution in [1.82, 2.24) is 0 Å². The largest absolute Gasteiger partial charge is 0.496 e. The van der Waals surface area contributed by atoms with Crippen LogP contribution in [-0.2, 0) is 9.47 Å². The average Bonchev–Trinajstić information content (AvgIpc) is 2.71. The third-order valence-corrected chi connectivity index (χ3v) is 4.41. The number of ether oxygens (including phenoxy) is 3. The number of hydrogen-bond donors (Lipinski definition) is 1. The maximum Gasteiger partial charge on any atom is 0.337 e. The van der Waals surface area contributed by atoms with E-state index in [9.17, 15) is 14.4 Å². The third-order valence-electron chi connectivity index (χ3n) is 3.69. The smallest absolute Gasteiger partial charge is 0.337 e. The summed E-state index contributed by atoms with van der Waals surface area (Å²) in [5.74, 6) is -1.31. The second-order valence-corrected chi connectivity index (χ2v) is 6.18. The van der Waals surface area contributed by atoms with Gasteiger partial charge in [0.25, 0.3) is 5.91 Å². The Bertz CT molecular complexity index is 846. The van der Waals surface area contributed by atoms with Crippen LogP contribution in [0, 0.1) is 0 Å². The van der Waals surface area contributed by atoms with Gasteiger partial charge in [0, 0.05) is 10.6 Å². The van der Waals surface area contributed by atoms with E-state index in [1.165, 1.54) is 51.3 Å². The third kappa shape index (κ3) is 4.79. The van der Waals surface area contributed by atoms with Gasteiger partial charge in [-0.3, -0.25) is 4.79 Å². The van der Waals surface area contributed by atoms with Gasteiger partial charge in [0.05, 0.1) is 38.0 Å². The first-order chi connectivity index (χ1) is 12.9. The molecule has 142 valence electrons. The molecule has 0 spiro atoms. The summed E-state index contributed by atoms with van der Waals surface area (Å²) in [6.07, 6.45) is 1.92. The number of amides is 1. The van der Waals surface area contributed by atoms with Gasteiger partial charge in [-0.05, 0) is 42.7 Å². The number of anilines is 1. The lowest BCUT2D eigenvalue weighted by Crippen LogP contribution is -2.15. The number of methoxy groups -OCH3 is 3. The number of rotatable bonds is 6. The molecule has 0 radical (unpaired) electrons. The zero-order valence-electron chi connectivity index (χ0n) is 15.3. The van der Waals surface area contributed by atoms with E-state index >= 15 is 0 Å². The molecule has 27 heavy (non-hydrogen) atoms. The molecule has 0 fully saturated rings. The molecule has 0 aliphatic carbocycles. The van der Waals surface area contributed by atoms with Gasteiger partial charge in [0.1, 0.15) is 5.75 Å². The van der Waals surface area contributed by atoms with E-state index in [2.05, 4.69) is 14.8 Å². The number of nitrogens with one attached hydrogen (secondary N) is 1. The van der Waals surface area contributed by atoms with Crippen LogP contribution in [0.15, 0.2) is 41.3 Å². The van der Waals surface area contributed by atoms with Crippen molar-refractivity contribution in [1.29, 1.82) is 0 Å². The molecule has 0 unspecified atom stereocenters. The molecule has 7 nitrogen and oxygen atoms in total. The number of esters is 2. The van der Waals surface area contributed by atoms with E-state index in [-0.39, 0.29) is 16.8 Å². The minimum absolute atomic E-state index is 0.111. The van der Waals surface area contributed by atoms with Gasteiger partial charge in [0.15, 0.2) is 0 Å². The Labute approximate surface area is 161 Å². The van der Waals surface area contributed by atoms with Crippen molar-refractivity contribution >= 4 is 35.3 Å². The number of benzene rings is 2. The second-order valence-electron chi connectivity index (χ2n) is 5.30. The Balaban J connectivity index is 2.39. The molecular formula is C19H19NO6S. The Kier molecular flexibility index (Phi) is 6.84. The monoisotopic (exact) mass is 389 g/mol. The molecule has 0 aromatic heterocycles. The quantitative estimate of drug-likeness (QED) is 0.599. The van der Waals surface area contributed by atoms with E-state index in [0.29, 0.717) is 11.3 Å². The van der Waals surface area contributed by atoms with Crippen LogP contribution < -0.4 is 10.1 Å². The van der Waals surface area contributed by atoms with E-state index in [1.54, 1.807) is 18.2 Å². The van der Waals surface area contributed by atoms with E-state index in [1.807, 2.05) is 6.26 Å². The molecule has 2 aromatic rings. The molecular weight excluding hydrogens is 370 g/mol. The number of thioether (sulfide) groups is 1. The van der Waals surface area contributed by atoms with E-state index in [0.717, 1.165) is 4.90 Å². The predicted molar refractivity (Wildman–Crippen MR) is 102 cm³/mol. The minimum Gasteiger partial charge on any atom is -0.496 e. The highest BCUT2D eigenvalue weighted by atomic mass is 32.2. The normalized spacial score (nSPS) is 10.1. The first kappa shape index (κ1) is 20.3. The summed E-state index contributed by atoms with van der Waals surface area (Å²) in [4.78, 5) is 37.3. The van der Waals surface area contributed by atoms with Crippen molar-refractivity contribution in [3.8, 4) is 5.75 Å². The van der Waals surface area contributed by atoms with Crippen LogP contribution in [-0.4, -0.2) is 45.4 Å². The fraction of sp³-hybridized carbons (Fsp3) is 0.211. The van der Waals surface area contributed by atoms with Crippen LogP contribution in [0.25, 0.3) is 0 Å². The lowest BCUT2D eigenvalue weighted by Gasteiger charge is -2.12. The summed E-state index contributed by atoms with van der Waals surface area (Å²) in [5, 5.41) is 2.67. The molecule has 8 heteroatoms. The van der Waals surface area contributed by atoms with Crippen LogP contribution in [0.4, 0.5) is 5.69 Å². The first-order valence-electron chi connectivity index (χ1n) is 7.78. The Morgan fingerprint density at radius 2 is 1.48 bits per heavy atom. The van der Waals surface area contributed by atoms with Crippen molar-refractivity contribution in [2.24, 2.45) is 0 Å². The maximum atomic E-state index is 12.7. The maximum absolute atomic E-state index is 12.7. The molecule has 0 aliphatic heterocycles. The molecule has 0 atom stereocenters. The van der Waals surface area contributed by atoms with Gasteiger partial charge in [-0.15, -0.1) is 11.8 Å². The summed E-state index contributed by atoms with van der Waals surface area (Å²) < 4.78 is 14.7. The van der Waals surface area contributed by atoms with Gasteiger partial charge in [-0.1, -0.05) is 0 Å². The number of carbonyl (C=O) groups is 3. The average molecular weight is 389 g/mol. The standard InChI is InChI=1S/C19H19NO6S/c1-24-16-10-14(27-4)5-6-15(16)17(21)20-13-8-11(18(22)25-2)7-12(9-13)19(23)26-3/h5-10H,1-4H3,(H,20,21). The molecule has 2 aromatic carbocycles. The van der Waals surface area contributed by atoms with E-state index < -0.39 is 17.8 Å². The summed E-state index contributed by atoms with van der Waals surface area (Å²) >= 11 is 1.52. The van der Waals surface area contributed by atoms with E-state index in [4.69, 9.17) is 4.74 Å². The molecule has 2 rings (SSSR count). The lowest BCUT2D eigenvalue weighted by atomic mass is 10.1. The second kappa shape index (κ2) is 9.09. The van der Waals surface area contributed by atoms with Crippen LogP contribution in [0.2, 0.25) is 0 Å². The van der Waals surface area contributed by atoms with Crippen molar-refractivity contribution in [3.05, 3.63) is 53.1 Å². The Hall–Kier alpha value is -3.00. The lowest BCUT2D eigenvalue weighted by molar-refractivity contribution is 0.0599. The number of hydrogen-bond acceptors (Lipinski definition) is 7. The van der Waals surface area contributed by atoms with Crippen LogP contribution in [0.5, 0.6) is 5.75 Å². The summed E-state index contributed by atoms with van der Waals surface area (Å²) in [6, 6.07) is 9.36. The highest BCUT2D eigenvalue weighted by Gasteiger charge is 2.17. The Morgan fingerprint density at radius 1 is 0.889 bits per heavy atom. The predicted octanol–water partition coefficient (Wildman–Crippen LogP) is 3.24. The van der Waals surface area contributed by atoms with Crippen molar-refractivity contribution in [2.75, 3.05) is 32.9 Å². The highest BCUT2D eigenvalue weighted by Crippen LogP contribution is 2.26. The summed E-state index contributed by atoms with van der Waals surface area (Å²) in [6.45, 7) is 0. The van der Waals surface area contributed by atoms with Crippen molar-refractivity contribution in [3.63, 3.8) is 0 Å². The molecule has 1 N–H and O–H groups in total. The van der Waals surface area contributed by atoms with Gasteiger partial charge in [-0.25, -0.2) is 9.59 Å². The fourth-order valence-electron chi connectivity index (χ4n) is 2.36. The topological polar surface area (TPSA) is 90.9 Å².